The summed E-state index contributed by atoms with van der Waals surface area (Å²) in [5, 5.41) is 10.9. The van der Waals surface area contributed by atoms with Crippen LogP contribution in [0.5, 0.6) is 5.75 Å². The monoisotopic (exact) mass is 430 g/mol. The van der Waals surface area contributed by atoms with Crippen molar-refractivity contribution < 1.29 is 22.5 Å². The number of nitro groups is 1. The molecule has 0 saturated carbocycles. The van der Waals surface area contributed by atoms with Crippen LogP contribution in [-0.2, 0) is 10.0 Å². The molecule has 3 aromatic carbocycles. The van der Waals surface area contributed by atoms with Crippen LogP contribution in [0.1, 0.15) is 18.5 Å². The third kappa shape index (κ3) is 4.25. The number of nitrogens with zero attached hydrogens (tertiary/aromatic N) is 2. The van der Waals surface area contributed by atoms with Gasteiger partial charge in [-0.2, -0.15) is 0 Å². The first-order valence-corrected chi connectivity index (χ1v) is 10.4. The number of rotatable bonds is 7. The van der Waals surface area contributed by atoms with Crippen LogP contribution in [0.25, 0.3) is 0 Å². The first kappa shape index (κ1) is 21.3. The van der Waals surface area contributed by atoms with Crippen molar-refractivity contribution >= 4 is 21.4 Å². The van der Waals surface area contributed by atoms with Crippen LogP contribution >= 0.6 is 0 Å². The van der Waals surface area contributed by atoms with Crippen LogP contribution in [-0.4, -0.2) is 20.5 Å². The van der Waals surface area contributed by atoms with E-state index in [0.29, 0.717) is 11.3 Å². The van der Waals surface area contributed by atoms with Crippen molar-refractivity contribution in [1.82, 2.24) is 0 Å². The fourth-order valence-corrected chi connectivity index (χ4v) is 4.67. The van der Waals surface area contributed by atoms with Crippen LogP contribution in [0.15, 0.2) is 77.7 Å². The Balaban J connectivity index is 2.10. The van der Waals surface area contributed by atoms with Gasteiger partial charge >= 0.3 is 0 Å². The van der Waals surface area contributed by atoms with E-state index in [1.54, 1.807) is 31.2 Å². The van der Waals surface area contributed by atoms with Gasteiger partial charge in [0.1, 0.15) is 11.6 Å². The van der Waals surface area contributed by atoms with E-state index in [-0.39, 0.29) is 16.3 Å². The molecule has 0 aromatic heterocycles. The van der Waals surface area contributed by atoms with Gasteiger partial charge in [0, 0.05) is 12.1 Å². The molecule has 0 aliphatic heterocycles. The van der Waals surface area contributed by atoms with Crippen LogP contribution < -0.4 is 9.04 Å². The van der Waals surface area contributed by atoms with Crippen LogP contribution in [0, 0.1) is 15.9 Å². The van der Waals surface area contributed by atoms with Crippen molar-refractivity contribution in [3.8, 4) is 5.75 Å². The number of hydrogen-bond acceptors (Lipinski definition) is 5. The summed E-state index contributed by atoms with van der Waals surface area (Å²) >= 11 is 0. The molecule has 0 radical (unpaired) electrons. The number of nitro benzene ring substituents is 1. The molecular weight excluding hydrogens is 411 g/mol. The fraction of sp³-hybridized carbons (Fsp3) is 0.143. The van der Waals surface area contributed by atoms with Crippen molar-refractivity contribution in [2.24, 2.45) is 0 Å². The van der Waals surface area contributed by atoms with Gasteiger partial charge < -0.3 is 4.74 Å². The Morgan fingerprint density at radius 3 is 2.03 bits per heavy atom. The van der Waals surface area contributed by atoms with E-state index in [0.717, 1.165) is 16.4 Å². The van der Waals surface area contributed by atoms with Crippen molar-refractivity contribution in [2.45, 2.75) is 17.9 Å². The fourth-order valence-electron chi connectivity index (χ4n) is 3.03. The molecule has 0 N–H and O–H groups in total. The Kier molecular flexibility index (Phi) is 6.02. The predicted molar refractivity (Wildman–Crippen MR) is 111 cm³/mol. The summed E-state index contributed by atoms with van der Waals surface area (Å²) in [5.41, 5.74) is 0.731. The molecule has 0 amide bonds. The number of ether oxygens (including phenoxy) is 1. The minimum atomic E-state index is -4.12. The van der Waals surface area contributed by atoms with Crippen LogP contribution in [0.3, 0.4) is 0 Å². The Bertz CT molecular complexity index is 1130. The van der Waals surface area contributed by atoms with Gasteiger partial charge in [0.2, 0.25) is 0 Å². The number of benzene rings is 3. The van der Waals surface area contributed by atoms with Gasteiger partial charge in [-0.05, 0) is 61.0 Å². The summed E-state index contributed by atoms with van der Waals surface area (Å²) in [7, 11) is -2.59. The second-order valence-corrected chi connectivity index (χ2v) is 8.29. The van der Waals surface area contributed by atoms with Gasteiger partial charge in [-0.3, -0.25) is 14.4 Å². The van der Waals surface area contributed by atoms with E-state index in [4.69, 9.17) is 4.74 Å². The highest BCUT2D eigenvalue weighted by atomic mass is 32.2. The van der Waals surface area contributed by atoms with Gasteiger partial charge in [0.25, 0.3) is 15.7 Å². The lowest BCUT2D eigenvalue weighted by Crippen LogP contribution is -2.33. The molecule has 1 atom stereocenters. The van der Waals surface area contributed by atoms with Gasteiger partial charge in [0.05, 0.1) is 28.7 Å². The second kappa shape index (κ2) is 8.50. The summed E-state index contributed by atoms with van der Waals surface area (Å²) in [4.78, 5) is 10.2. The molecule has 9 heteroatoms. The Morgan fingerprint density at radius 2 is 1.53 bits per heavy atom. The SMILES string of the molecule is COc1ccc(C(C)N(c2ccc(F)cc2)S(=O)(=O)c2ccc([N+](=O)[O-])cc2)cc1. The maximum Gasteiger partial charge on any atom is 0.269 e. The summed E-state index contributed by atoms with van der Waals surface area (Å²) in [5.74, 6) is 0.126. The summed E-state index contributed by atoms with van der Waals surface area (Å²) in [6.07, 6.45) is 0. The molecule has 0 aliphatic rings. The molecule has 0 aliphatic carbocycles. The summed E-state index contributed by atoms with van der Waals surface area (Å²) in [6, 6.07) is 16.0. The zero-order valence-electron chi connectivity index (χ0n) is 16.2. The van der Waals surface area contributed by atoms with Crippen LogP contribution in [0.4, 0.5) is 15.8 Å². The lowest BCUT2D eigenvalue weighted by molar-refractivity contribution is -0.384. The minimum Gasteiger partial charge on any atom is -0.497 e. The molecule has 30 heavy (non-hydrogen) atoms. The van der Waals surface area contributed by atoms with E-state index >= 15 is 0 Å². The molecule has 0 fully saturated rings. The molecule has 7 nitrogen and oxygen atoms in total. The van der Waals surface area contributed by atoms with Crippen molar-refractivity contribution in [2.75, 3.05) is 11.4 Å². The van der Waals surface area contributed by atoms with Crippen molar-refractivity contribution in [3.05, 3.63) is 94.3 Å². The van der Waals surface area contributed by atoms with Crippen LogP contribution in [0.2, 0.25) is 0 Å². The third-order valence-electron chi connectivity index (χ3n) is 4.64. The maximum absolute atomic E-state index is 13.5. The average Bonchev–Trinajstić information content (AvgIpc) is 2.75. The minimum absolute atomic E-state index is 0.113. The lowest BCUT2D eigenvalue weighted by atomic mass is 10.1. The number of halogens is 1. The van der Waals surface area contributed by atoms with Crippen molar-refractivity contribution in [1.29, 1.82) is 0 Å². The normalized spacial score (nSPS) is 12.2. The summed E-state index contributed by atoms with van der Waals surface area (Å²) < 4.78 is 46.7. The van der Waals surface area contributed by atoms with Gasteiger partial charge in [-0.25, -0.2) is 12.8 Å². The maximum atomic E-state index is 13.5. The topological polar surface area (TPSA) is 89.8 Å². The number of non-ortho nitro benzene ring substituents is 1. The highest BCUT2D eigenvalue weighted by Crippen LogP contribution is 2.34. The number of anilines is 1. The molecule has 3 aromatic rings. The van der Waals surface area contributed by atoms with E-state index in [9.17, 15) is 22.9 Å². The zero-order valence-corrected chi connectivity index (χ0v) is 17.0. The lowest BCUT2D eigenvalue weighted by Gasteiger charge is -2.31. The number of hydrogen-bond donors (Lipinski definition) is 0. The number of sulfonamides is 1. The van der Waals surface area contributed by atoms with E-state index in [1.807, 2.05) is 0 Å². The zero-order chi connectivity index (χ0) is 21.9. The number of methoxy groups -OCH3 is 1. The molecular formula is C21H19FN2O5S. The average molecular weight is 430 g/mol. The third-order valence-corrected chi connectivity index (χ3v) is 6.55. The highest BCUT2D eigenvalue weighted by Gasteiger charge is 2.31. The van der Waals surface area contributed by atoms with E-state index in [2.05, 4.69) is 0 Å². The largest absolute Gasteiger partial charge is 0.497 e. The predicted octanol–water partition coefficient (Wildman–Crippen LogP) is 4.70. The van der Waals surface area contributed by atoms with E-state index in [1.165, 1.54) is 43.5 Å². The molecule has 0 heterocycles. The molecule has 0 bridgehead atoms. The first-order valence-electron chi connectivity index (χ1n) is 8.92. The van der Waals surface area contributed by atoms with E-state index < -0.39 is 26.8 Å². The standard InChI is InChI=1S/C21H19FN2O5S/c1-15(16-3-11-20(29-2)12-4-16)23(18-7-5-17(22)6-8-18)30(27,28)21-13-9-19(10-14-21)24(25)26/h3-15H,1-2H3. The quantitative estimate of drug-likeness (QED) is 0.400. The van der Waals surface area contributed by atoms with Gasteiger partial charge in [-0.1, -0.05) is 12.1 Å². The highest BCUT2D eigenvalue weighted by molar-refractivity contribution is 7.92. The Morgan fingerprint density at radius 1 is 0.967 bits per heavy atom. The first-order chi connectivity index (χ1) is 14.2. The Labute approximate surface area is 173 Å². The molecule has 1 unspecified atom stereocenters. The molecule has 3 rings (SSSR count). The van der Waals surface area contributed by atoms with Gasteiger partial charge in [0.15, 0.2) is 0 Å². The molecule has 0 spiro atoms. The van der Waals surface area contributed by atoms with Gasteiger partial charge in [-0.15, -0.1) is 0 Å². The second-order valence-electron chi connectivity index (χ2n) is 6.48. The Hall–Kier alpha value is -3.46. The summed E-state index contributed by atoms with van der Waals surface area (Å²) in [6.45, 7) is 1.70. The van der Waals surface area contributed by atoms with Crippen molar-refractivity contribution in [3.63, 3.8) is 0 Å². The molecule has 156 valence electrons. The molecule has 0 saturated heterocycles. The smallest absolute Gasteiger partial charge is 0.269 e.